The van der Waals surface area contributed by atoms with Crippen LogP contribution in [0.3, 0.4) is 0 Å². The number of alkyl halides is 3. The van der Waals surface area contributed by atoms with Crippen molar-refractivity contribution in [1.29, 1.82) is 0 Å². The van der Waals surface area contributed by atoms with Crippen molar-refractivity contribution < 1.29 is 27.2 Å². The van der Waals surface area contributed by atoms with Gasteiger partial charge in [0.15, 0.2) is 0 Å². The fourth-order valence-corrected chi connectivity index (χ4v) is 2.13. The number of hydrogen-bond donors (Lipinski definition) is 2. The van der Waals surface area contributed by atoms with E-state index in [1.807, 2.05) is 0 Å². The molecule has 0 heterocycles. The van der Waals surface area contributed by atoms with Crippen LogP contribution in [-0.4, -0.2) is 24.5 Å². The van der Waals surface area contributed by atoms with Gasteiger partial charge < -0.3 is 10.6 Å². The normalized spacial score (nSPS) is 15.0. The number of amides is 2. The average molecular weight is 332 g/mol. The van der Waals surface area contributed by atoms with Gasteiger partial charge in [0.1, 0.15) is 12.4 Å². The summed E-state index contributed by atoms with van der Waals surface area (Å²) in [6, 6.07) is 2.03. The van der Waals surface area contributed by atoms with Crippen molar-refractivity contribution in [2.24, 2.45) is 5.92 Å². The second-order valence-electron chi connectivity index (χ2n) is 5.55. The van der Waals surface area contributed by atoms with Gasteiger partial charge >= 0.3 is 6.18 Å². The molecule has 1 aromatic rings. The van der Waals surface area contributed by atoms with Gasteiger partial charge in [-0.3, -0.25) is 9.59 Å². The summed E-state index contributed by atoms with van der Waals surface area (Å²) in [5.74, 6) is -2.24. The zero-order valence-corrected chi connectivity index (χ0v) is 12.4. The van der Waals surface area contributed by atoms with E-state index in [1.54, 1.807) is 5.32 Å². The Bertz CT molecular complexity index is 625. The van der Waals surface area contributed by atoms with Gasteiger partial charge in [0, 0.05) is 22.7 Å². The summed E-state index contributed by atoms with van der Waals surface area (Å²) in [5, 5.41) is 4.21. The molecule has 0 radical (unpaired) electrons. The van der Waals surface area contributed by atoms with E-state index in [2.05, 4.69) is 5.32 Å². The Balaban J connectivity index is 2.14. The number of benzene rings is 1. The van der Waals surface area contributed by atoms with E-state index in [4.69, 9.17) is 0 Å². The van der Waals surface area contributed by atoms with E-state index in [0.717, 1.165) is 25.3 Å². The van der Waals surface area contributed by atoms with Crippen molar-refractivity contribution in [2.75, 3.05) is 11.9 Å². The van der Waals surface area contributed by atoms with Crippen molar-refractivity contribution in [2.45, 2.75) is 32.4 Å². The molecule has 23 heavy (non-hydrogen) atoms. The van der Waals surface area contributed by atoms with Gasteiger partial charge in [-0.05, 0) is 31.9 Å². The first-order valence-electron chi connectivity index (χ1n) is 7.13. The first-order chi connectivity index (χ1) is 10.7. The lowest BCUT2D eigenvalue weighted by atomic mass is 9.84. The van der Waals surface area contributed by atoms with Crippen LogP contribution in [0.15, 0.2) is 12.1 Å². The molecule has 1 saturated carbocycles. The molecule has 0 aliphatic heterocycles. The molecule has 0 saturated heterocycles. The topological polar surface area (TPSA) is 58.2 Å². The highest BCUT2D eigenvalue weighted by Crippen LogP contribution is 2.29. The molecule has 1 fully saturated rings. The average Bonchev–Trinajstić information content (AvgIpc) is 2.38. The molecule has 8 heteroatoms. The van der Waals surface area contributed by atoms with Gasteiger partial charge in [-0.25, -0.2) is 4.39 Å². The molecule has 0 spiro atoms. The summed E-state index contributed by atoms with van der Waals surface area (Å²) in [7, 11) is 0. The summed E-state index contributed by atoms with van der Waals surface area (Å²) in [6.07, 6.45) is -2.11. The van der Waals surface area contributed by atoms with Gasteiger partial charge in [-0.15, -0.1) is 0 Å². The van der Waals surface area contributed by atoms with Gasteiger partial charge in [0.2, 0.25) is 5.91 Å². The van der Waals surface area contributed by atoms with Gasteiger partial charge in [-0.2, -0.15) is 13.2 Å². The smallest absolute Gasteiger partial charge is 0.343 e. The summed E-state index contributed by atoms with van der Waals surface area (Å²) in [4.78, 5) is 23.6. The maximum absolute atomic E-state index is 13.9. The first-order valence-corrected chi connectivity index (χ1v) is 7.13. The minimum atomic E-state index is -4.56. The van der Waals surface area contributed by atoms with Crippen LogP contribution in [0.1, 0.15) is 35.2 Å². The maximum atomic E-state index is 13.9. The Morgan fingerprint density at radius 1 is 1.26 bits per heavy atom. The van der Waals surface area contributed by atoms with Crippen molar-refractivity contribution in [3.8, 4) is 0 Å². The Morgan fingerprint density at radius 3 is 2.43 bits per heavy atom. The lowest BCUT2D eigenvalue weighted by Crippen LogP contribution is -2.34. The Labute approximate surface area is 130 Å². The lowest BCUT2D eigenvalue weighted by molar-refractivity contribution is -0.123. The summed E-state index contributed by atoms with van der Waals surface area (Å²) < 4.78 is 50.2. The van der Waals surface area contributed by atoms with Gasteiger partial charge in [0.25, 0.3) is 5.91 Å². The van der Waals surface area contributed by atoms with Crippen LogP contribution < -0.4 is 10.6 Å². The molecular formula is C15H16F4N2O2. The SMILES string of the molecule is Cc1c(F)cc(C(=O)NCC(F)(F)F)cc1NC(=O)C1CCC1. The molecular weight excluding hydrogens is 316 g/mol. The fourth-order valence-electron chi connectivity index (χ4n) is 2.13. The Morgan fingerprint density at radius 2 is 1.91 bits per heavy atom. The molecule has 1 aliphatic carbocycles. The number of rotatable bonds is 4. The molecule has 1 aliphatic rings. The predicted molar refractivity (Wildman–Crippen MR) is 75.5 cm³/mol. The van der Waals surface area contributed by atoms with Crippen LogP contribution in [0.4, 0.5) is 23.2 Å². The Hall–Kier alpha value is -2.12. The molecule has 0 unspecified atom stereocenters. The second kappa shape index (κ2) is 6.55. The molecule has 126 valence electrons. The van der Waals surface area contributed by atoms with E-state index in [1.165, 1.54) is 13.0 Å². The van der Waals surface area contributed by atoms with Crippen LogP contribution in [-0.2, 0) is 4.79 Å². The number of nitrogens with one attached hydrogen (secondary N) is 2. The highest BCUT2D eigenvalue weighted by Gasteiger charge is 2.29. The van der Waals surface area contributed by atoms with Crippen molar-refractivity contribution in [3.05, 3.63) is 29.1 Å². The first kappa shape index (κ1) is 17.2. The molecule has 0 bridgehead atoms. The van der Waals surface area contributed by atoms with Gasteiger partial charge in [-0.1, -0.05) is 6.42 Å². The van der Waals surface area contributed by atoms with Crippen molar-refractivity contribution >= 4 is 17.5 Å². The predicted octanol–water partition coefficient (Wildman–Crippen LogP) is 3.16. The van der Waals surface area contributed by atoms with Crippen LogP contribution in [0, 0.1) is 18.7 Å². The highest BCUT2D eigenvalue weighted by atomic mass is 19.4. The second-order valence-corrected chi connectivity index (χ2v) is 5.55. The minimum Gasteiger partial charge on any atom is -0.343 e. The zero-order valence-electron chi connectivity index (χ0n) is 12.4. The third-order valence-electron chi connectivity index (χ3n) is 3.79. The van der Waals surface area contributed by atoms with Crippen molar-refractivity contribution in [1.82, 2.24) is 5.32 Å². The monoisotopic (exact) mass is 332 g/mol. The number of carbonyl (C=O) groups is 2. The Kier molecular flexibility index (Phi) is 4.91. The molecule has 2 amide bonds. The molecule has 1 aromatic carbocycles. The minimum absolute atomic E-state index is 0.0964. The third-order valence-corrected chi connectivity index (χ3v) is 3.79. The van der Waals surface area contributed by atoms with Crippen LogP contribution in [0.5, 0.6) is 0 Å². The zero-order chi connectivity index (χ0) is 17.2. The largest absolute Gasteiger partial charge is 0.405 e. The number of hydrogen-bond acceptors (Lipinski definition) is 2. The maximum Gasteiger partial charge on any atom is 0.405 e. The van der Waals surface area contributed by atoms with E-state index in [9.17, 15) is 27.2 Å². The molecule has 2 N–H and O–H groups in total. The quantitative estimate of drug-likeness (QED) is 0.832. The standard InChI is InChI=1S/C15H16F4N2O2/c1-8-11(16)5-10(13(22)20-7-15(17,18)19)6-12(8)21-14(23)9-3-2-4-9/h5-6,9H,2-4,7H2,1H3,(H,20,22)(H,21,23). The van der Waals surface area contributed by atoms with Gasteiger partial charge in [0.05, 0.1) is 0 Å². The van der Waals surface area contributed by atoms with Crippen molar-refractivity contribution in [3.63, 3.8) is 0 Å². The number of halogens is 4. The van der Waals surface area contributed by atoms with E-state index >= 15 is 0 Å². The summed E-state index contributed by atoms with van der Waals surface area (Å²) >= 11 is 0. The van der Waals surface area contributed by atoms with E-state index in [0.29, 0.717) is 0 Å². The molecule has 2 rings (SSSR count). The number of carbonyl (C=O) groups excluding carboxylic acids is 2. The van der Waals surface area contributed by atoms with E-state index < -0.39 is 24.4 Å². The van der Waals surface area contributed by atoms with Crippen LogP contribution >= 0.6 is 0 Å². The lowest BCUT2D eigenvalue weighted by Gasteiger charge is -2.24. The number of anilines is 1. The molecule has 0 aromatic heterocycles. The summed E-state index contributed by atoms with van der Waals surface area (Å²) in [5.41, 5.74) is -0.0506. The molecule has 0 atom stereocenters. The molecule has 4 nitrogen and oxygen atoms in total. The highest BCUT2D eigenvalue weighted by molar-refractivity contribution is 5.98. The van der Waals surface area contributed by atoms with E-state index in [-0.39, 0.29) is 28.6 Å². The van der Waals surface area contributed by atoms with Crippen LogP contribution in [0.2, 0.25) is 0 Å². The fraction of sp³-hybridized carbons (Fsp3) is 0.467. The van der Waals surface area contributed by atoms with Crippen LogP contribution in [0.25, 0.3) is 0 Å². The third kappa shape index (κ3) is 4.43. The summed E-state index contributed by atoms with van der Waals surface area (Å²) in [6.45, 7) is -0.0891.